The summed E-state index contributed by atoms with van der Waals surface area (Å²) in [5.74, 6) is 0.903. The number of carbonyl (C=O) groups is 1. The summed E-state index contributed by atoms with van der Waals surface area (Å²) in [6, 6.07) is 11.7. The number of nitrogens with one attached hydrogen (secondary N) is 2. The first-order valence-electron chi connectivity index (χ1n) is 9.69. The van der Waals surface area contributed by atoms with E-state index in [1.54, 1.807) is 7.11 Å². The smallest absolute Gasteiger partial charge is 0.227 e. The third kappa shape index (κ3) is 4.97. The number of amides is 1. The van der Waals surface area contributed by atoms with Crippen molar-refractivity contribution in [2.45, 2.75) is 45.2 Å². The van der Waals surface area contributed by atoms with Gasteiger partial charge in [-0.3, -0.25) is 4.79 Å². The predicted octanol–water partition coefficient (Wildman–Crippen LogP) is 4.53. The van der Waals surface area contributed by atoms with E-state index >= 15 is 0 Å². The fraction of sp³-hybridized carbons (Fsp3) is 0.409. The van der Waals surface area contributed by atoms with Gasteiger partial charge in [0.2, 0.25) is 5.91 Å². The molecule has 4 N–H and O–H groups in total. The first kappa shape index (κ1) is 20.5. The molecule has 2 aromatic carbocycles. The minimum atomic E-state index is 0.0377. The van der Waals surface area contributed by atoms with E-state index in [4.69, 9.17) is 22.1 Å². The first-order valence-corrected chi connectivity index (χ1v) is 10.1. The summed E-state index contributed by atoms with van der Waals surface area (Å²) in [6.45, 7) is 2.63. The molecule has 0 bridgehead atoms. The molecule has 1 aliphatic rings. The van der Waals surface area contributed by atoms with Gasteiger partial charge in [-0.2, -0.15) is 0 Å². The molecule has 3 rings (SSSR count). The Bertz CT molecular complexity index is 812. The van der Waals surface area contributed by atoms with Crippen LogP contribution in [-0.4, -0.2) is 19.1 Å². The molecule has 0 aliphatic heterocycles. The number of anilines is 2. The third-order valence-electron chi connectivity index (χ3n) is 5.50. The normalized spacial score (nSPS) is 19.2. The number of benzene rings is 2. The van der Waals surface area contributed by atoms with Crippen LogP contribution >= 0.6 is 11.6 Å². The highest BCUT2D eigenvalue weighted by molar-refractivity contribution is 6.31. The summed E-state index contributed by atoms with van der Waals surface area (Å²) in [5, 5.41) is 7.25. The number of nitrogens with two attached hydrogens (primary N) is 1. The van der Waals surface area contributed by atoms with Crippen LogP contribution in [0.4, 0.5) is 11.4 Å². The number of ether oxygens (including phenoxy) is 1. The van der Waals surface area contributed by atoms with E-state index in [1.165, 1.54) is 0 Å². The minimum absolute atomic E-state index is 0.0377. The lowest BCUT2D eigenvalue weighted by atomic mass is 9.85. The van der Waals surface area contributed by atoms with Crippen molar-refractivity contribution in [3.8, 4) is 5.75 Å². The Kier molecular flexibility index (Phi) is 6.81. The number of rotatable bonds is 6. The summed E-state index contributed by atoms with van der Waals surface area (Å²) in [5.41, 5.74) is 9.49. The van der Waals surface area contributed by atoms with Crippen LogP contribution in [0.3, 0.4) is 0 Å². The number of aryl methyl sites for hydroxylation is 1. The molecule has 1 fully saturated rings. The van der Waals surface area contributed by atoms with Crippen molar-refractivity contribution in [2.24, 2.45) is 5.92 Å². The third-order valence-corrected chi connectivity index (χ3v) is 5.85. The summed E-state index contributed by atoms with van der Waals surface area (Å²) < 4.78 is 5.33. The molecule has 1 amide bonds. The zero-order chi connectivity index (χ0) is 20.1. The Labute approximate surface area is 171 Å². The number of halogens is 1. The second kappa shape index (κ2) is 9.30. The molecular formula is C22H28ClN3O2. The van der Waals surface area contributed by atoms with Crippen LogP contribution < -0.4 is 21.1 Å². The van der Waals surface area contributed by atoms with Gasteiger partial charge >= 0.3 is 0 Å². The van der Waals surface area contributed by atoms with E-state index in [0.29, 0.717) is 23.3 Å². The van der Waals surface area contributed by atoms with Gasteiger partial charge in [-0.05, 0) is 56.4 Å². The Morgan fingerprint density at radius 1 is 1.21 bits per heavy atom. The van der Waals surface area contributed by atoms with Crippen LogP contribution in [0.1, 0.15) is 36.8 Å². The molecule has 0 saturated heterocycles. The Morgan fingerprint density at radius 3 is 2.64 bits per heavy atom. The van der Waals surface area contributed by atoms with Crippen molar-refractivity contribution in [1.29, 1.82) is 0 Å². The zero-order valence-corrected chi connectivity index (χ0v) is 17.2. The van der Waals surface area contributed by atoms with E-state index < -0.39 is 0 Å². The standard InChI is InChI=1S/C22H28ClN3O2/c1-14-6-9-17(12-21(14)28-2)26-22(27)15-7-10-16(11-8-15)25-13-18-19(23)4-3-5-20(18)24/h3-6,9,12,15-16,25H,7-8,10-11,13,24H2,1-2H3,(H,26,27). The van der Waals surface area contributed by atoms with Gasteiger partial charge in [0.1, 0.15) is 5.75 Å². The first-order chi connectivity index (χ1) is 13.5. The lowest BCUT2D eigenvalue weighted by Crippen LogP contribution is -2.36. The van der Waals surface area contributed by atoms with E-state index in [1.807, 2.05) is 43.3 Å². The minimum Gasteiger partial charge on any atom is -0.496 e. The van der Waals surface area contributed by atoms with Gasteiger partial charge < -0.3 is 21.1 Å². The van der Waals surface area contributed by atoms with Crippen molar-refractivity contribution in [2.75, 3.05) is 18.2 Å². The van der Waals surface area contributed by atoms with Crippen LogP contribution in [0.15, 0.2) is 36.4 Å². The van der Waals surface area contributed by atoms with Crippen LogP contribution in [0.25, 0.3) is 0 Å². The van der Waals surface area contributed by atoms with Crippen molar-refractivity contribution in [3.63, 3.8) is 0 Å². The largest absolute Gasteiger partial charge is 0.496 e. The van der Waals surface area contributed by atoms with Crippen molar-refractivity contribution < 1.29 is 9.53 Å². The SMILES string of the molecule is COc1cc(NC(=O)C2CCC(NCc3c(N)cccc3Cl)CC2)ccc1C. The molecule has 2 aromatic rings. The molecule has 0 unspecified atom stereocenters. The van der Waals surface area contributed by atoms with Gasteiger partial charge in [-0.1, -0.05) is 23.7 Å². The summed E-state index contributed by atoms with van der Waals surface area (Å²) in [6.07, 6.45) is 3.65. The molecule has 150 valence electrons. The zero-order valence-electron chi connectivity index (χ0n) is 16.4. The average molecular weight is 402 g/mol. The van der Waals surface area contributed by atoms with Gasteiger partial charge in [0, 0.05) is 46.5 Å². The van der Waals surface area contributed by atoms with E-state index in [9.17, 15) is 4.79 Å². The highest BCUT2D eigenvalue weighted by atomic mass is 35.5. The highest BCUT2D eigenvalue weighted by Gasteiger charge is 2.26. The van der Waals surface area contributed by atoms with Crippen LogP contribution in [0.2, 0.25) is 5.02 Å². The fourth-order valence-electron chi connectivity index (χ4n) is 3.71. The van der Waals surface area contributed by atoms with E-state index in [0.717, 1.165) is 48.2 Å². The van der Waals surface area contributed by atoms with Crippen molar-refractivity contribution in [1.82, 2.24) is 5.32 Å². The monoisotopic (exact) mass is 401 g/mol. The molecule has 6 heteroatoms. The average Bonchev–Trinajstić information content (AvgIpc) is 2.69. The fourth-order valence-corrected chi connectivity index (χ4v) is 3.96. The van der Waals surface area contributed by atoms with Crippen molar-refractivity contribution >= 4 is 28.9 Å². The van der Waals surface area contributed by atoms with Crippen LogP contribution in [0, 0.1) is 12.8 Å². The maximum atomic E-state index is 12.6. The lowest BCUT2D eigenvalue weighted by molar-refractivity contribution is -0.120. The molecule has 0 spiro atoms. The van der Waals surface area contributed by atoms with Crippen LogP contribution in [-0.2, 0) is 11.3 Å². The maximum Gasteiger partial charge on any atom is 0.227 e. The number of nitrogen functional groups attached to an aromatic ring is 1. The summed E-state index contributed by atoms with van der Waals surface area (Å²) in [7, 11) is 1.64. The predicted molar refractivity (Wildman–Crippen MR) is 115 cm³/mol. The second-order valence-electron chi connectivity index (χ2n) is 7.41. The summed E-state index contributed by atoms with van der Waals surface area (Å²) >= 11 is 6.24. The van der Waals surface area contributed by atoms with Gasteiger partial charge in [-0.25, -0.2) is 0 Å². The summed E-state index contributed by atoms with van der Waals surface area (Å²) in [4.78, 5) is 12.6. The molecule has 1 aliphatic carbocycles. The molecule has 0 atom stereocenters. The number of carbonyl (C=O) groups excluding carboxylic acids is 1. The molecular weight excluding hydrogens is 374 g/mol. The Morgan fingerprint density at radius 2 is 1.96 bits per heavy atom. The molecule has 1 saturated carbocycles. The van der Waals surface area contributed by atoms with Gasteiger partial charge in [0.15, 0.2) is 0 Å². The quantitative estimate of drug-likeness (QED) is 0.621. The van der Waals surface area contributed by atoms with Gasteiger partial charge in [0.25, 0.3) is 0 Å². The molecule has 0 radical (unpaired) electrons. The molecule has 0 heterocycles. The Hall–Kier alpha value is -2.24. The number of hydrogen-bond acceptors (Lipinski definition) is 4. The van der Waals surface area contributed by atoms with Crippen LogP contribution in [0.5, 0.6) is 5.75 Å². The van der Waals surface area contributed by atoms with E-state index in [-0.39, 0.29) is 11.8 Å². The van der Waals surface area contributed by atoms with Gasteiger partial charge in [-0.15, -0.1) is 0 Å². The molecule has 0 aromatic heterocycles. The van der Waals surface area contributed by atoms with Crippen molar-refractivity contribution in [3.05, 3.63) is 52.5 Å². The topological polar surface area (TPSA) is 76.4 Å². The number of methoxy groups -OCH3 is 1. The maximum absolute atomic E-state index is 12.6. The highest BCUT2D eigenvalue weighted by Crippen LogP contribution is 2.28. The molecule has 5 nitrogen and oxygen atoms in total. The van der Waals surface area contributed by atoms with Gasteiger partial charge in [0.05, 0.1) is 7.11 Å². The second-order valence-corrected chi connectivity index (χ2v) is 7.82. The Balaban J connectivity index is 1.49. The lowest BCUT2D eigenvalue weighted by Gasteiger charge is -2.29. The molecule has 28 heavy (non-hydrogen) atoms. The van der Waals surface area contributed by atoms with E-state index in [2.05, 4.69) is 10.6 Å². The number of hydrogen-bond donors (Lipinski definition) is 3.